The van der Waals surface area contributed by atoms with Gasteiger partial charge in [0, 0.05) is 11.5 Å². The fourth-order valence-electron chi connectivity index (χ4n) is 3.94. The minimum absolute atomic E-state index is 0.222. The van der Waals surface area contributed by atoms with E-state index < -0.39 is 27.7 Å². The molecule has 0 N–H and O–H groups in total. The molecular formula is C18H24N2O4. The number of ketones is 1. The minimum Gasteiger partial charge on any atom is -0.323 e. The Balaban J connectivity index is 2.86. The van der Waals surface area contributed by atoms with Gasteiger partial charge < -0.3 is 4.90 Å². The van der Waals surface area contributed by atoms with Gasteiger partial charge >= 0.3 is 11.4 Å². The Kier molecular flexibility index (Phi) is 4.29. The molecule has 6 heteroatoms. The number of benzene rings is 1. The summed E-state index contributed by atoms with van der Waals surface area (Å²) in [5.74, 6) is -1.38. The lowest BCUT2D eigenvalue weighted by Crippen LogP contribution is -2.49. The average molecular weight is 332 g/mol. The first-order valence-corrected chi connectivity index (χ1v) is 8.12. The van der Waals surface area contributed by atoms with E-state index in [4.69, 9.17) is 0 Å². The van der Waals surface area contributed by atoms with Gasteiger partial charge in [-0.05, 0) is 52.2 Å². The summed E-state index contributed by atoms with van der Waals surface area (Å²) in [6.45, 7) is 10.7. The molecule has 1 heterocycles. The Bertz CT molecular complexity index is 716. The van der Waals surface area contributed by atoms with Gasteiger partial charge in [-0.15, -0.1) is 0 Å². The smallest absolute Gasteiger partial charge is 0.323 e. The second-order valence-corrected chi connectivity index (χ2v) is 7.09. The van der Waals surface area contributed by atoms with Crippen LogP contribution < -0.4 is 0 Å². The highest BCUT2D eigenvalue weighted by molar-refractivity contribution is 6.19. The molecule has 1 aromatic rings. The van der Waals surface area contributed by atoms with E-state index in [1.165, 1.54) is 4.90 Å². The first-order chi connectivity index (χ1) is 11.0. The van der Waals surface area contributed by atoms with Gasteiger partial charge in [0.15, 0.2) is 0 Å². The van der Waals surface area contributed by atoms with E-state index in [0.29, 0.717) is 24.1 Å². The lowest BCUT2D eigenvalue weighted by Gasteiger charge is -2.28. The van der Waals surface area contributed by atoms with Crippen molar-refractivity contribution in [1.82, 2.24) is 4.90 Å². The van der Waals surface area contributed by atoms with Crippen LogP contribution in [0.1, 0.15) is 49.4 Å². The van der Waals surface area contributed by atoms with E-state index in [1.807, 2.05) is 13.8 Å². The Labute approximate surface area is 142 Å². The van der Waals surface area contributed by atoms with Crippen molar-refractivity contribution in [3.05, 3.63) is 44.5 Å². The van der Waals surface area contributed by atoms with Crippen molar-refractivity contribution in [2.75, 3.05) is 6.54 Å². The van der Waals surface area contributed by atoms with Gasteiger partial charge in [0.05, 0.1) is 5.56 Å². The van der Waals surface area contributed by atoms with Crippen molar-refractivity contribution in [3.63, 3.8) is 0 Å². The maximum absolute atomic E-state index is 13.2. The first-order valence-electron chi connectivity index (χ1n) is 8.12. The highest BCUT2D eigenvalue weighted by Gasteiger charge is 2.73. The third-order valence-electron chi connectivity index (χ3n) is 4.87. The Morgan fingerprint density at radius 1 is 1.12 bits per heavy atom. The summed E-state index contributed by atoms with van der Waals surface area (Å²) >= 11 is 0. The molecule has 1 saturated heterocycles. The SMILES string of the molecule is CCCN1C(=O)C(c2c(C)cc(C)cc2C)([N+](=O)[O-])C(=O)C1(C)C. The van der Waals surface area contributed by atoms with Crippen LogP contribution in [0.15, 0.2) is 12.1 Å². The topological polar surface area (TPSA) is 80.5 Å². The zero-order valence-electron chi connectivity index (χ0n) is 15.1. The van der Waals surface area contributed by atoms with Crippen LogP contribution in [0.4, 0.5) is 0 Å². The van der Waals surface area contributed by atoms with Crippen molar-refractivity contribution in [2.24, 2.45) is 0 Å². The average Bonchev–Trinajstić information content (AvgIpc) is 2.59. The number of likely N-dealkylation sites (tertiary alicyclic amines) is 1. The van der Waals surface area contributed by atoms with Crippen LogP contribution in [0.5, 0.6) is 0 Å². The molecule has 1 aliphatic rings. The molecule has 0 bridgehead atoms. The van der Waals surface area contributed by atoms with E-state index in [2.05, 4.69) is 0 Å². The van der Waals surface area contributed by atoms with Crippen LogP contribution >= 0.6 is 0 Å². The van der Waals surface area contributed by atoms with Gasteiger partial charge in [0.25, 0.3) is 0 Å². The standard InChI is InChI=1S/C18H24N2O4/c1-7-8-19-16(22)18(20(23)24,15(21)17(19,5)6)14-12(3)9-11(2)10-13(14)4/h9-10H,7-8H2,1-6H3. The summed E-state index contributed by atoms with van der Waals surface area (Å²) in [6.07, 6.45) is 0.627. The predicted molar refractivity (Wildman–Crippen MR) is 90.4 cm³/mol. The summed E-state index contributed by atoms with van der Waals surface area (Å²) in [7, 11) is 0. The number of nitrogens with zero attached hydrogens (tertiary/aromatic N) is 2. The highest BCUT2D eigenvalue weighted by Crippen LogP contribution is 2.44. The quantitative estimate of drug-likeness (QED) is 0.482. The van der Waals surface area contributed by atoms with Crippen LogP contribution in [0.3, 0.4) is 0 Å². The fraction of sp³-hybridized carbons (Fsp3) is 0.556. The van der Waals surface area contributed by atoms with E-state index >= 15 is 0 Å². The molecule has 0 aromatic heterocycles. The predicted octanol–water partition coefficient (Wildman–Crippen LogP) is 2.68. The molecule has 2 rings (SSSR count). The fourth-order valence-corrected chi connectivity index (χ4v) is 3.94. The summed E-state index contributed by atoms with van der Waals surface area (Å²) in [5.41, 5.74) is -1.19. The van der Waals surface area contributed by atoms with E-state index in [-0.39, 0.29) is 5.56 Å². The zero-order valence-corrected chi connectivity index (χ0v) is 15.1. The zero-order chi connectivity index (χ0) is 18.4. The lowest BCUT2D eigenvalue weighted by molar-refractivity contribution is -0.542. The monoisotopic (exact) mass is 332 g/mol. The molecule has 0 spiro atoms. The van der Waals surface area contributed by atoms with Crippen LogP contribution in [0.25, 0.3) is 0 Å². The number of carbonyl (C=O) groups is 2. The summed E-state index contributed by atoms with van der Waals surface area (Å²) < 4.78 is 0. The summed E-state index contributed by atoms with van der Waals surface area (Å²) in [5, 5.41) is 12.1. The van der Waals surface area contributed by atoms with Crippen molar-refractivity contribution in [1.29, 1.82) is 0 Å². The van der Waals surface area contributed by atoms with Gasteiger partial charge in [-0.2, -0.15) is 0 Å². The number of nitro groups is 1. The molecule has 1 unspecified atom stereocenters. The number of hydrogen-bond acceptors (Lipinski definition) is 4. The van der Waals surface area contributed by atoms with Gasteiger partial charge in [0.1, 0.15) is 5.54 Å². The first kappa shape index (κ1) is 18.1. The number of Topliss-reactive ketones (excluding diaryl/α,β-unsaturated/α-hetero) is 1. The molecule has 24 heavy (non-hydrogen) atoms. The Morgan fingerprint density at radius 3 is 2.04 bits per heavy atom. The van der Waals surface area contributed by atoms with Gasteiger partial charge in [0.2, 0.25) is 5.78 Å². The molecule has 130 valence electrons. The number of amides is 1. The maximum Gasteiger partial charge on any atom is 0.383 e. The van der Waals surface area contributed by atoms with Gasteiger partial charge in [-0.1, -0.05) is 24.6 Å². The highest BCUT2D eigenvalue weighted by atomic mass is 16.6. The van der Waals surface area contributed by atoms with Crippen molar-refractivity contribution in [2.45, 2.75) is 59.0 Å². The maximum atomic E-state index is 13.2. The molecule has 1 amide bonds. The largest absolute Gasteiger partial charge is 0.383 e. The normalized spacial score (nSPS) is 23.0. The molecule has 0 aliphatic carbocycles. The summed E-state index contributed by atoms with van der Waals surface area (Å²) in [6, 6.07) is 3.56. The van der Waals surface area contributed by atoms with Crippen LogP contribution in [0.2, 0.25) is 0 Å². The lowest BCUT2D eigenvalue weighted by atomic mass is 9.78. The van der Waals surface area contributed by atoms with E-state index in [9.17, 15) is 19.7 Å². The molecule has 0 saturated carbocycles. The van der Waals surface area contributed by atoms with Gasteiger partial charge in [-0.25, -0.2) is 0 Å². The van der Waals surface area contributed by atoms with Gasteiger partial charge in [-0.3, -0.25) is 19.7 Å². The molecule has 1 aliphatic heterocycles. The van der Waals surface area contributed by atoms with Crippen LogP contribution in [-0.2, 0) is 15.1 Å². The molecule has 0 radical (unpaired) electrons. The molecule has 1 fully saturated rings. The number of aryl methyl sites for hydroxylation is 3. The summed E-state index contributed by atoms with van der Waals surface area (Å²) in [4.78, 5) is 39.1. The van der Waals surface area contributed by atoms with E-state index in [0.717, 1.165) is 5.56 Å². The van der Waals surface area contributed by atoms with Crippen molar-refractivity contribution >= 4 is 11.7 Å². The third-order valence-corrected chi connectivity index (χ3v) is 4.87. The van der Waals surface area contributed by atoms with Crippen molar-refractivity contribution in [3.8, 4) is 0 Å². The Morgan fingerprint density at radius 2 is 1.62 bits per heavy atom. The molecule has 1 aromatic carbocycles. The van der Waals surface area contributed by atoms with Crippen LogP contribution in [-0.4, -0.2) is 33.6 Å². The van der Waals surface area contributed by atoms with E-state index in [1.54, 1.807) is 39.8 Å². The second-order valence-electron chi connectivity index (χ2n) is 7.09. The number of hydrogen-bond donors (Lipinski definition) is 0. The Hall–Kier alpha value is -2.24. The molecular weight excluding hydrogens is 308 g/mol. The van der Waals surface area contributed by atoms with Crippen LogP contribution in [0, 0.1) is 30.9 Å². The van der Waals surface area contributed by atoms with Crippen molar-refractivity contribution < 1.29 is 14.5 Å². The molecule has 6 nitrogen and oxygen atoms in total. The third kappa shape index (κ3) is 2.16. The molecule has 1 atom stereocenters. The number of rotatable bonds is 4. The minimum atomic E-state index is -2.35. The number of carbonyl (C=O) groups excluding carboxylic acids is 2. The second kappa shape index (κ2) is 5.69.